The van der Waals surface area contributed by atoms with Gasteiger partial charge >= 0.3 is 0 Å². The summed E-state index contributed by atoms with van der Waals surface area (Å²) in [6, 6.07) is 14.6. The van der Waals surface area contributed by atoms with E-state index in [1.807, 2.05) is 30.3 Å². The zero-order valence-corrected chi connectivity index (χ0v) is 15.1. The van der Waals surface area contributed by atoms with E-state index in [9.17, 15) is 0 Å². The van der Waals surface area contributed by atoms with Crippen molar-refractivity contribution in [2.45, 2.75) is 19.4 Å². The molecule has 1 unspecified atom stereocenters. The van der Waals surface area contributed by atoms with Crippen LogP contribution in [-0.4, -0.2) is 41.4 Å². The van der Waals surface area contributed by atoms with Gasteiger partial charge in [0.05, 0.1) is 18.7 Å². The second kappa shape index (κ2) is 7.16. The average Bonchev–Trinajstić information content (AvgIpc) is 3.10. The summed E-state index contributed by atoms with van der Waals surface area (Å²) in [5, 5.41) is 9.73. The molecule has 0 saturated carbocycles. The molecule has 2 aromatic carbocycles. The van der Waals surface area contributed by atoms with E-state index in [2.05, 4.69) is 34.2 Å². The van der Waals surface area contributed by atoms with Crippen LogP contribution in [0.15, 0.2) is 42.5 Å². The van der Waals surface area contributed by atoms with Crippen molar-refractivity contribution in [3.05, 3.63) is 53.1 Å². The van der Waals surface area contributed by atoms with Crippen LogP contribution in [-0.2, 0) is 4.74 Å². The lowest BCUT2D eigenvalue weighted by Crippen LogP contribution is -2.39. The SMILES string of the molecule is CCC(c1c(Cl)ccc2[nH]nc(-c3ccccc3)c12)N1CCOCC1. The van der Waals surface area contributed by atoms with Crippen molar-refractivity contribution in [2.75, 3.05) is 26.3 Å². The summed E-state index contributed by atoms with van der Waals surface area (Å²) >= 11 is 6.71. The van der Waals surface area contributed by atoms with Gasteiger partial charge in [-0.05, 0) is 24.1 Å². The third kappa shape index (κ3) is 3.06. The molecule has 1 aliphatic rings. The molecule has 3 aromatic rings. The summed E-state index contributed by atoms with van der Waals surface area (Å²) in [5.41, 5.74) is 4.29. The van der Waals surface area contributed by atoms with E-state index in [1.54, 1.807) is 0 Å². The molecule has 0 amide bonds. The fourth-order valence-corrected chi connectivity index (χ4v) is 4.06. The van der Waals surface area contributed by atoms with Gasteiger partial charge in [0.15, 0.2) is 0 Å². The van der Waals surface area contributed by atoms with E-state index < -0.39 is 0 Å². The van der Waals surface area contributed by atoms with Crippen molar-refractivity contribution in [1.82, 2.24) is 15.1 Å². The van der Waals surface area contributed by atoms with Gasteiger partial charge in [-0.2, -0.15) is 5.10 Å². The highest BCUT2D eigenvalue weighted by Crippen LogP contribution is 2.40. The Morgan fingerprint density at radius 2 is 1.92 bits per heavy atom. The molecule has 1 aliphatic heterocycles. The monoisotopic (exact) mass is 355 g/mol. The number of nitrogens with one attached hydrogen (secondary N) is 1. The number of H-pyrrole nitrogens is 1. The molecule has 130 valence electrons. The second-order valence-corrected chi connectivity index (χ2v) is 6.80. The Bertz CT molecular complexity index is 856. The van der Waals surface area contributed by atoms with Crippen LogP contribution >= 0.6 is 11.6 Å². The van der Waals surface area contributed by atoms with Crippen LogP contribution in [0.2, 0.25) is 5.02 Å². The van der Waals surface area contributed by atoms with Gasteiger partial charge in [-0.3, -0.25) is 10.00 Å². The number of fused-ring (bicyclic) bond motifs is 1. The number of hydrogen-bond donors (Lipinski definition) is 1. The molecule has 4 rings (SSSR count). The standard InChI is InChI=1S/C20H22ClN3O/c1-2-17(24-10-12-25-13-11-24)18-15(21)8-9-16-19(18)20(23-22-16)14-6-4-3-5-7-14/h3-9,17H,2,10-13H2,1H3,(H,22,23). The van der Waals surface area contributed by atoms with Gasteiger partial charge in [-0.25, -0.2) is 0 Å². The maximum Gasteiger partial charge on any atom is 0.100 e. The maximum absolute atomic E-state index is 6.71. The number of aromatic nitrogens is 2. The van der Waals surface area contributed by atoms with E-state index in [1.165, 1.54) is 5.56 Å². The lowest BCUT2D eigenvalue weighted by atomic mass is 9.95. The molecule has 0 radical (unpaired) electrons. The van der Waals surface area contributed by atoms with Crippen LogP contribution in [0, 0.1) is 0 Å². The third-order valence-electron chi connectivity index (χ3n) is 4.97. The van der Waals surface area contributed by atoms with Crippen LogP contribution in [0.25, 0.3) is 22.2 Å². The highest BCUT2D eigenvalue weighted by atomic mass is 35.5. The van der Waals surface area contributed by atoms with Crippen molar-refractivity contribution < 1.29 is 4.74 Å². The summed E-state index contributed by atoms with van der Waals surface area (Å²) < 4.78 is 5.53. The Balaban J connectivity index is 1.89. The van der Waals surface area contributed by atoms with Crippen LogP contribution in [0.5, 0.6) is 0 Å². The van der Waals surface area contributed by atoms with Gasteiger partial charge in [0.1, 0.15) is 5.69 Å². The van der Waals surface area contributed by atoms with E-state index in [0.29, 0.717) is 0 Å². The number of hydrogen-bond acceptors (Lipinski definition) is 3. The summed E-state index contributed by atoms with van der Waals surface area (Å²) in [5.74, 6) is 0. The largest absolute Gasteiger partial charge is 0.379 e. The maximum atomic E-state index is 6.71. The molecule has 5 heteroatoms. The quantitative estimate of drug-likeness (QED) is 0.739. The molecule has 4 nitrogen and oxygen atoms in total. The third-order valence-corrected chi connectivity index (χ3v) is 5.30. The average molecular weight is 356 g/mol. The fraction of sp³-hybridized carbons (Fsp3) is 0.350. The first-order valence-electron chi connectivity index (χ1n) is 8.83. The second-order valence-electron chi connectivity index (χ2n) is 6.39. The minimum atomic E-state index is 0.264. The van der Waals surface area contributed by atoms with Crippen LogP contribution < -0.4 is 0 Å². The van der Waals surface area contributed by atoms with Gasteiger partial charge in [0.25, 0.3) is 0 Å². The molecule has 1 aromatic heterocycles. The topological polar surface area (TPSA) is 41.2 Å². The van der Waals surface area contributed by atoms with E-state index in [4.69, 9.17) is 16.3 Å². The number of ether oxygens (including phenoxy) is 1. The van der Waals surface area contributed by atoms with E-state index in [0.717, 1.165) is 59.9 Å². The van der Waals surface area contributed by atoms with E-state index in [-0.39, 0.29) is 6.04 Å². The number of rotatable bonds is 4. The minimum Gasteiger partial charge on any atom is -0.379 e. The molecule has 2 heterocycles. The van der Waals surface area contributed by atoms with E-state index >= 15 is 0 Å². The van der Waals surface area contributed by atoms with Crippen molar-refractivity contribution in [3.8, 4) is 11.3 Å². The molecule has 1 fully saturated rings. The van der Waals surface area contributed by atoms with Crippen LogP contribution in [0.3, 0.4) is 0 Å². The van der Waals surface area contributed by atoms with Gasteiger partial charge in [0, 0.05) is 35.1 Å². The zero-order chi connectivity index (χ0) is 17.2. The molecule has 0 spiro atoms. The highest BCUT2D eigenvalue weighted by Gasteiger charge is 2.27. The molecular weight excluding hydrogens is 334 g/mol. The minimum absolute atomic E-state index is 0.264. The number of halogens is 1. The van der Waals surface area contributed by atoms with Gasteiger partial charge in [0.2, 0.25) is 0 Å². The molecule has 25 heavy (non-hydrogen) atoms. The van der Waals surface area contributed by atoms with Crippen molar-refractivity contribution in [1.29, 1.82) is 0 Å². The smallest absolute Gasteiger partial charge is 0.100 e. The molecule has 1 atom stereocenters. The van der Waals surface area contributed by atoms with Crippen LogP contribution in [0.4, 0.5) is 0 Å². The van der Waals surface area contributed by atoms with Gasteiger partial charge in [-0.15, -0.1) is 0 Å². The first-order chi connectivity index (χ1) is 12.3. The number of morpholine rings is 1. The summed E-state index contributed by atoms with van der Waals surface area (Å²) in [6.45, 7) is 5.65. The Hall–Kier alpha value is -1.88. The van der Waals surface area contributed by atoms with Crippen LogP contribution in [0.1, 0.15) is 24.9 Å². The summed E-state index contributed by atoms with van der Waals surface area (Å²) in [6.07, 6.45) is 0.998. The van der Waals surface area contributed by atoms with Crippen molar-refractivity contribution in [2.24, 2.45) is 0 Å². The number of nitrogens with zero attached hydrogens (tertiary/aromatic N) is 2. The fourth-order valence-electron chi connectivity index (χ4n) is 3.78. The first kappa shape index (κ1) is 16.6. The van der Waals surface area contributed by atoms with Crippen molar-refractivity contribution >= 4 is 22.5 Å². The lowest BCUT2D eigenvalue weighted by Gasteiger charge is -2.35. The summed E-state index contributed by atoms with van der Waals surface area (Å²) in [4.78, 5) is 2.48. The van der Waals surface area contributed by atoms with Gasteiger partial charge in [-0.1, -0.05) is 48.9 Å². The highest BCUT2D eigenvalue weighted by molar-refractivity contribution is 6.32. The zero-order valence-electron chi connectivity index (χ0n) is 14.3. The Morgan fingerprint density at radius 3 is 2.64 bits per heavy atom. The van der Waals surface area contributed by atoms with Gasteiger partial charge < -0.3 is 4.74 Å². The number of benzene rings is 2. The Morgan fingerprint density at radius 1 is 1.16 bits per heavy atom. The predicted molar refractivity (Wildman–Crippen MR) is 102 cm³/mol. The van der Waals surface area contributed by atoms with Crippen molar-refractivity contribution in [3.63, 3.8) is 0 Å². The molecule has 0 aliphatic carbocycles. The normalized spacial score (nSPS) is 17.0. The Kier molecular flexibility index (Phi) is 4.75. The molecular formula is C20H22ClN3O. The first-order valence-corrected chi connectivity index (χ1v) is 9.21. The number of aromatic amines is 1. The molecule has 1 saturated heterocycles. The predicted octanol–water partition coefficient (Wildman–Crippen LogP) is 4.67. The Labute approximate surface area is 152 Å². The summed E-state index contributed by atoms with van der Waals surface area (Å²) in [7, 11) is 0. The molecule has 1 N–H and O–H groups in total. The molecule has 0 bridgehead atoms. The lowest BCUT2D eigenvalue weighted by molar-refractivity contribution is 0.0155.